The molecule has 6 heteroatoms. The molecule has 1 fully saturated rings. The summed E-state index contributed by atoms with van der Waals surface area (Å²) < 4.78 is 0. The van der Waals surface area contributed by atoms with Crippen LogP contribution in [0.1, 0.15) is 56.4 Å². The highest BCUT2D eigenvalue weighted by molar-refractivity contribution is 7.10. The van der Waals surface area contributed by atoms with Crippen molar-refractivity contribution in [1.82, 2.24) is 10.2 Å². The van der Waals surface area contributed by atoms with Crippen molar-refractivity contribution < 1.29 is 9.59 Å². The third kappa shape index (κ3) is 4.96. The highest BCUT2D eigenvalue weighted by Crippen LogP contribution is 2.33. The second-order valence-corrected chi connectivity index (χ2v) is 8.61. The maximum atomic E-state index is 13.4. The largest absolute Gasteiger partial charge is 0.351 e. The van der Waals surface area contributed by atoms with E-state index in [0.717, 1.165) is 30.6 Å². The molecule has 1 N–H and O–H groups in total. The number of terminal acetylenes is 1. The van der Waals surface area contributed by atoms with E-state index in [1.54, 1.807) is 6.08 Å². The Morgan fingerprint density at radius 1 is 1.34 bits per heavy atom. The number of nitriles is 1. The van der Waals surface area contributed by atoms with Crippen molar-refractivity contribution >= 4 is 23.2 Å². The number of allylic oxidation sites excluding steroid dienone is 3. The molecule has 2 aliphatic rings. The van der Waals surface area contributed by atoms with Gasteiger partial charge in [0.05, 0.1) is 6.07 Å². The first-order valence-corrected chi connectivity index (χ1v) is 10.9. The smallest absolute Gasteiger partial charge is 0.303 e. The van der Waals surface area contributed by atoms with Gasteiger partial charge in [-0.2, -0.15) is 5.26 Å². The molecule has 0 aliphatic heterocycles. The van der Waals surface area contributed by atoms with Crippen LogP contribution in [0.2, 0.25) is 0 Å². The van der Waals surface area contributed by atoms with Crippen molar-refractivity contribution in [1.29, 1.82) is 5.26 Å². The fraction of sp³-hybridized carbons (Fsp3) is 0.435. The van der Waals surface area contributed by atoms with E-state index in [0.29, 0.717) is 17.7 Å². The summed E-state index contributed by atoms with van der Waals surface area (Å²) in [5, 5.41) is 14.4. The summed E-state index contributed by atoms with van der Waals surface area (Å²) in [6.45, 7) is 1.98. The highest BCUT2D eigenvalue weighted by atomic mass is 32.1. The number of thiophene rings is 1. The summed E-state index contributed by atoms with van der Waals surface area (Å²) in [6.07, 6.45) is 14.9. The van der Waals surface area contributed by atoms with Gasteiger partial charge < -0.3 is 5.32 Å². The van der Waals surface area contributed by atoms with E-state index in [1.165, 1.54) is 22.7 Å². The van der Waals surface area contributed by atoms with Gasteiger partial charge in [0, 0.05) is 22.2 Å². The fourth-order valence-corrected chi connectivity index (χ4v) is 4.82. The van der Waals surface area contributed by atoms with Crippen LogP contribution in [0, 0.1) is 29.6 Å². The zero-order valence-electron chi connectivity index (χ0n) is 16.6. The molecule has 1 aromatic heterocycles. The molecule has 1 heterocycles. The van der Waals surface area contributed by atoms with Crippen LogP contribution in [0.4, 0.5) is 0 Å². The van der Waals surface area contributed by atoms with E-state index in [4.69, 9.17) is 6.42 Å². The van der Waals surface area contributed by atoms with E-state index in [2.05, 4.69) is 17.3 Å². The lowest BCUT2D eigenvalue weighted by Gasteiger charge is -2.33. The van der Waals surface area contributed by atoms with Crippen molar-refractivity contribution in [2.45, 2.75) is 57.5 Å². The van der Waals surface area contributed by atoms with E-state index >= 15 is 0 Å². The Kier molecular flexibility index (Phi) is 6.90. The van der Waals surface area contributed by atoms with Crippen LogP contribution in [-0.2, 0) is 9.59 Å². The number of carbonyl (C=O) groups is 2. The Morgan fingerprint density at radius 3 is 2.72 bits per heavy atom. The number of nitrogens with zero attached hydrogens (tertiary/aromatic N) is 2. The molecule has 0 saturated heterocycles. The van der Waals surface area contributed by atoms with Crippen LogP contribution >= 0.6 is 11.3 Å². The predicted octanol–water partition coefficient (Wildman–Crippen LogP) is 4.07. The Hall–Kier alpha value is -2.83. The molecule has 0 radical (unpaired) electrons. The van der Waals surface area contributed by atoms with Crippen LogP contribution in [-0.4, -0.2) is 22.8 Å². The zero-order chi connectivity index (χ0) is 20.8. The normalized spacial score (nSPS) is 20.4. The number of nitrogens with one attached hydrogen (secondary N) is 1. The van der Waals surface area contributed by atoms with E-state index in [1.807, 2.05) is 30.5 Å². The first-order valence-electron chi connectivity index (χ1n) is 9.99. The third-order valence-electron chi connectivity index (χ3n) is 5.35. The van der Waals surface area contributed by atoms with Crippen LogP contribution in [0.15, 0.2) is 40.9 Å². The van der Waals surface area contributed by atoms with E-state index in [9.17, 15) is 14.9 Å². The third-order valence-corrected chi connectivity index (χ3v) is 6.28. The van der Waals surface area contributed by atoms with Gasteiger partial charge in [0.15, 0.2) is 6.04 Å². The molecule has 2 unspecified atom stereocenters. The summed E-state index contributed by atoms with van der Waals surface area (Å²) >= 11 is 1.41. The minimum atomic E-state index is -0.854. The maximum Gasteiger partial charge on any atom is 0.303 e. The number of hydrogen-bond acceptors (Lipinski definition) is 4. The molecule has 3 rings (SSSR count). The summed E-state index contributed by atoms with van der Waals surface area (Å²) in [5.74, 6) is 1.43. The lowest BCUT2D eigenvalue weighted by atomic mass is 9.93. The molecule has 2 aliphatic carbocycles. The molecule has 5 nitrogen and oxygen atoms in total. The monoisotopic (exact) mass is 407 g/mol. The maximum absolute atomic E-state index is 13.4. The molecule has 0 bridgehead atoms. The Balaban J connectivity index is 1.99. The number of hydrogen-bond donors (Lipinski definition) is 1. The minimum absolute atomic E-state index is 0.0723. The number of carbonyl (C=O) groups excluding carboxylic acids is 2. The second-order valence-electron chi connectivity index (χ2n) is 7.64. The average Bonchev–Trinajstić information content (AvgIpc) is 3.25. The molecular formula is C23H25N3O2S. The van der Waals surface area contributed by atoms with Gasteiger partial charge in [0.25, 0.3) is 0 Å². The van der Waals surface area contributed by atoms with Crippen LogP contribution in [0.5, 0.6) is 0 Å². The molecule has 0 spiro atoms. The van der Waals surface area contributed by atoms with Gasteiger partial charge in [-0.1, -0.05) is 38.3 Å². The summed E-state index contributed by atoms with van der Waals surface area (Å²) in [5.41, 5.74) is 1.09. The lowest BCUT2D eigenvalue weighted by molar-refractivity contribution is -0.135. The first-order chi connectivity index (χ1) is 14.0. The Labute approximate surface area is 176 Å². The van der Waals surface area contributed by atoms with Gasteiger partial charge in [0.2, 0.25) is 5.91 Å². The van der Waals surface area contributed by atoms with E-state index < -0.39 is 11.9 Å². The summed E-state index contributed by atoms with van der Waals surface area (Å²) in [4.78, 5) is 28.3. The molecule has 1 aromatic rings. The highest BCUT2D eigenvalue weighted by Gasteiger charge is 2.35. The van der Waals surface area contributed by atoms with Crippen molar-refractivity contribution in [3.63, 3.8) is 0 Å². The topological polar surface area (TPSA) is 73.2 Å². The Morgan fingerprint density at radius 2 is 2.10 bits per heavy atom. The van der Waals surface area contributed by atoms with Gasteiger partial charge in [0.1, 0.15) is 0 Å². The molecule has 1 saturated carbocycles. The van der Waals surface area contributed by atoms with Gasteiger partial charge in [-0.15, -0.1) is 17.8 Å². The lowest BCUT2D eigenvalue weighted by Crippen LogP contribution is -2.46. The van der Waals surface area contributed by atoms with Gasteiger partial charge in [-0.25, -0.2) is 0 Å². The first kappa shape index (κ1) is 20.9. The van der Waals surface area contributed by atoms with Crippen molar-refractivity contribution in [3.8, 4) is 18.4 Å². The quantitative estimate of drug-likeness (QED) is 0.748. The van der Waals surface area contributed by atoms with Crippen molar-refractivity contribution in [2.75, 3.05) is 0 Å². The van der Waals surface area contributed by atoms with Crippen LogP contribution in [0.3, 0.4) is 0 Å². The van der Waals surface area contributed by atoms with Gasteiger partial charge in [-0.05, 0) is 48.6 Å². The van der Waals surface area contributed by atoms with Gasteiger partial charge >= 0.3 is 5.91 Å². The summed E-state index contributed by atoms with van der Waals surface area (Å²) in [6, 6.07) is 5.14. The SMILES string of the molecule is C#CC(=O)N(C1=CC(C)CC(C#N)=C1)C(C(=O)NC1CCCCC1)c1cccs1. The molecule has 2 atom stereocenters. The number of rotatable bonds is 5. The minimum Gasteiger partial charge on any atom is -0.351 e. The van der Waals surface area contributed by atoms with Crippen LogP contribution in [0.25, 0.3) is 0 Å². The molecule has 29 heavy (non-hydrogen) atoms. The van der Waals surface area contributed by atoms with Crippen molar-refractivity contribution in [2.24, 2.45) is 5.92 Å². The summed E-state index contributed by atoms with van der Waals surface area (Å²) in [7, 11) is 0. The molecular weight excluding hydrogens is 382 g/mol. The predicted molar refractivity (Wildman–Crippen MR) is 113 cm³/mol. The molecule has 150 valence electrons. The second kappa shape index (κ2) is 9.58. The van der Waals surface area contributed by atoms with Crippen LogP contribution < -0.4 is 5.32 Å². The van der Waals surface area contributed by atoms with Crippen molar-refractivity contribution in [3.05, 3.63) is 45.8 Å². The Bertz CT molecular complexity index is 896. The number of amides is 2. The molecule has 2 amide bonds. The standard InChI is InChI=1S/C23H25N3O2S/c1-3-21(27)26(19-13-16(2)12-17(14-19)15-24)22(20-10-7-11-29-20)23(28)25-18-8-5-4-6-9-18/h1,7,10-11,13-14,16,18,22H,4-6,8-9,12H2,2H3,(H,25,28). The molecule has 0 aromatic carbocycles. The zero-order valence-corrected chi connectivity index (χ0v) is 17.4. The van der Waals surface area contributed by atoms with Gasteiger partial charge in [-0.3, -0.25) is 14.5 Å². The average molecular weight is 408 g/mol. The fourth-order valence-electron chi connectivity index (χ4n) is 4.01. The van der Waals surface area contributed by atoms with E-state index in [-0.39, 0.29) is 17.9 Å².